The van der Waals surface area contributed by atoms with E-state index in [9.17, 15) is 19.5 Å². The summed E-state index contributed by atoms with van der Waals surface area (Å²) in [6.45, 7) is 4.81. The van der Waals surface area contributed by atoms with Crippen molar-refractivity contribution in [2.45, 2.75) is 199 Å². The van der Waals surface area contributed by atoms with E-state index in [4.69, 9.17) is 10.5 Å². The number of ether oxygens (including phenoxy) is 1. The molecule has 7 heteroatoms. The van der Waals surface area contributed by atoms with E-state index < -0.39 is 12.0 Å². The van der Waals surface area contributed by atoms with Gasteiger partial charge in [0.1, 0.15) is 12.1 Å². The Bertz CT molecular complexity index is 926. The average molecular weight is 701 g/mol. The van der Waals surface area contributed by atoms with Gasteiger partial charge >= 0.3 is 11.9 Å². The number of hydrogen-bond donors (Lipinski definition) is 3. The third kappa shape index (κ3) is 33.8. The molecule has 4 N–H and O–H groups in total. The molecule has 0 rings (SSSR count). The summed E-state index contributed by atoms with van der Waals surface area (Å²) in [5.74, 6) is -1.26. The maximum absolute atomic E-state index is 12.7. The van der Waals surface area contributed by atoms with E-state index in [1.165, 1.54) is 38.5 Å². The van der Waals surface area contributed by atoms with Gasteiger partial charge in [0.15, 0.2) is 0 Å². The number of amides is 1. The van der Waals surface area contributed by atoms with E-state index in [0.717, 1.165) is 109 Å². The van der Waals surface area contributed by atoms with Gasteiger partial charge in [0, 0.05) is 12.8 Å². The molecule has 0 aliphatic rings. The van der Waals surface area contributed by atoms with Crippen molar-refractivity contribution in [3.05, 3.63) is 48.6 Å². The molecule has 0 bridgehead atoms. The number of nitrogens with one attached hydrogen (secondary N) is 1. The molecule has 0 heterocycles. The van der Waals surface area contributed by atoms with Gasteiger partial charge in [-0.3, -0.25) is 9.59 Å². The predicted octanol–water partition coefficient (Wildman–Crippen LogP) is 11.2. The molecular weight excluding hydrogens is 624 g/mol. The third-order valence-electron chi connectivity index (χ3n) is 8.91. The summed E-state index contributed by atoms with van der Waals surface area (Å²) in [5.41, 5.74) is 5.47. The molecule has 2 atom stereocenters. The number of aliphatic carboxylic acids is 1. The predicted molar refractivity (Wildman–Crippen MR) is 211 cm³/mol. The van der Waals surface area contributed by atoms with Crippen molar-refractivity contribution in [2.75, 3.05) is 6.54 Å². The smallest absolute Gasteiger partial charge is 0.326 e. The van der Waals surface area contributed by atoms with Crippen LogP contribution >= 0.6 is 0 Å². The first kappa shape index (κ1) is 47.3. The fourth-order valence-electron chi connectivity index (χ4n) is 5.85. The zero-order valence-corrected chi connectivity index (χ0v) is 32.2. The highest BCUT2D eigenvalue weighted by Crippen LogP contribution is 2.18. The number of carbonyl (C=O) groups is 3. The Balaban J connectivity index is 4.24. The highest BCUT2D eigenvalue weighted by atomic mass is 16.5. The minimum atomic E-state index is -1.01. The number of nitrogens with two attached hydrogens (primary N) is 1. The summed E-state index contributed by atoms with van der Waals surface area (Å²) in [5, 5.41) is 11.9. The Labute approximate surface area is 307 Å². The van der Waals surface area contributed by atoms with Crippen LogP contribution in [-0.4, -0.2) is 41.6 Å². The molecule has 0 saturated heterocycles. The van der Waals surface area contributed by atoms with Crippen LogP contribution < -0.4 is 11.1 Å². The molecule has 0 aliphatic carbocycles. The largest absolute Gasteiger partial charge is 0.480 e. The second-order valence-electron chi connectivity index (χ2n) is 13.7. The minimum Gasteiger partial charge on any atom is -0.480 e. The van der Waals surface area contributed by atoms with Crippen LogP contribution in [0.2, 0.25) is 0 Å². The second-order valence-corrected chi connectivity index (χ2v) is 13.7. The summed E-state index contributed by atoms with van der Waals surface area (Å²) >= 11 is 0. The number of unbranched alkanes of at least 4 members (excludes halogenated alkanes) is 14. The monoisotopic (exact) mass is 701 g/mol. The molecule has 0 radical (unpaired) electrons. The Morgan fingerprint density at radius 1 is 0.600 bits per heavy atom. The van der Waals surface area contributed by atoms with Crippen molar-refractivity contribution in [2.24, 2.45) is 5.73 Å². The number of carbonyl (C=O) groups excluding carboxylic acids is 2. The minimum absolute atomic E-state index is 0.00329. The zero-order chi connectivity index (χ0) is 36.8. The number of esters is 1. The second kappa shape index (κ2) is 37.6. The lowest BCUT2D eigenvalue weighted by molar-refractivity contribution is -0.150. The van der Waals surface area contributed by atoms with E-state index in [-0.39, 0.29) is 18.0 Å². The van der Waals surface area contributed by atoms with E-state index in [1.807, 2.05) is 0 Å². The topological polar surface area (TPSA) is 119 Å². The van der Waals surface area contributed by atoms with Crippen LogP contribution in [0.15, 0.2) is 48.6 Å². The average Bonchev–Trinajstić information content (AvgIpc) is 3.10. The van der Waals surface area contributed by atoms with Crippen molar-refractivity contribution in [3.63, 3.8) is 0 Å². The van der Waals surface area contributed by atoms with Crippen molar-refractivity contribution in [1.29, 1.82) is 0 Å². The van der Waals surface area contributed by atoms with Crippen molar-refractivity contribution < 1.29 is 24.2 Å². The molecule has 0 saturated carbocycles. The van der Waals surface area contributed by atoms with Crippen LogP contribution in [0, 0.1) is 0 Å². The van der Waals surface area contributed by atoms with Crippen LogP contribution in [0.4, 0.5) is 0 Å². The molecule has 288 valence electrons. The standard InChI is InChI=1S/C43H76N2O5/c1-3-5-7-9-11-12-13-14-15-16-17-18-19-20-22-27-31-37-42(47)50-39(33-28-24-21-10-8-6-4-2)34-29-25-23-26-30-36-41(46)45-40(43(48)49)35-32-38-44/h5,7,11-12,14-15,17-18,39-40H,3-4,6,8-10,13,16,19-38,44H2,1-2H3,(H,45,46)(H,48,49)/b7-5-,12-11-,15-14-,18-17-. The number of allylic oxidation sites excluding steroid dienone is 8. The molecular formula is C43H76N2O5. The first-order valence-corrected chi connectivity index (χ1v) is 20.5. The van der Waals surface area contributed by atoms with Crippen LogP contribution in [0.5, 0.6) is 0 Å². The SMILES string of the molecule is CC/C=C\C/C=C\C/C=C\C/C=C\CCCCCCC(=O)OC(CCCCCCCCC)CCCCCCCC(=O)NC(CCCN)C(=O)O. The summed E-state index contributed by atoms with van der Waals surface area (Å²) < 4.78 is 6.00. The Morgan fingerprint density at radius 2 is 1.10 bits per heavy atom. The molecule has 1 amide bonds. The van der Waals surface area contributed by atoms with Gasteiger partial charge in [-0.1, -0.05) is 133 Å². The molecule has 0 aliphatic heterocycles. The maximum atomic E-state index is 12.7. The first-order valence-electron chi connectivity index (χ1n) is 20.5. The molecule has 0 aromatic rings. The molecule has 0 fully saturated rings. The van der Waals surface area contributed by atoms with Crippen molar-refractivity contribution in [1.82, 2.24) is 5.32 Å². The Kier molecular flexibility index (Phi) is 35.6. The Hall–Kier alpha value is -2.67. The molecule has 0 aromatic carbocycles. The summed E-state index contributed by atoms with van der Waals surface area (Å²) in [6.07, 6.45) is 44.4. The number of rotatable bonds is 36. The lowest BCUT2D eigenvalue weighted by Crippen LogP contribution is -2.40. The molecule has 7 nitrogen and oxygen atoms in total. The third-order valence-corrected chi connectivity index (χ3v) is 8.91. The lowest BCUT2D eigenvalue weighted by atomic mass is 10.0. The number of carboxylic acids is 1. The van der Waals surface area contributed by atoms with E-state index in [0.29, 0.717) is 32.2 Å². The summed E-state index contributed by atoms with van der Waals surface area (Å²) in [4.78, 5) is 36.2. The van der Waals surface area contributed by atoms with Crippen LogP contribution in [0.3, 0.4) is 0 Å². The fraction of sp³-hybridized carbons (Fsp3) is 0.744. The van der Waals surface area contributed by atoms with Gasteiger partial charge in [-0.25, -0.2) is 4.79 Å². The molecule has 2 unspecified atom stereocenters. The van der Waals surface area contributed by atoms with Crippen molar-refractivity contribution >= 4 is 17.8 Å². The van der Waals surface area contributed by atoms with Gasteiger partial charge in [0.2, 0.25) is 5.91 Å². The van der Waals surface area contributed by atoms with Crippen molar-refractivity contribution in [3.8, 4) is 0 Å². The van der Waals surface area contributed by atoms with Gasteiger partial charge in [-0.15, -0.1) is 0 Å². The molecule has 50 heavy (non-hydrogen) atoms. The van der Waals surface area contributed by atoms with Gasteiger partial charge in [0.05, 0.1) is 0 Å². The number of carboxylic acid groups (broad SMARTS) is 1. The van der Waals surface area contributed by atoms with E-state index in [2.05, 4.69) is 67.8 Å². The number of hydrogen-bond acceptors (Lipinski definition) is 5. The highest BCUT2D eigenvalue weighted by Gasteiger charge is 2.19. The normalized spacial score (nSPS) is 13.2. The molecule has 0 aromatic heterocycles. The zero-order valence-electron chi connectivity index (χ0n) is 32.2. The Morgan fingerprint density at radius 3 is 1.66 bits per heavy atom. The van der Waals surface area contributed by atoms with E-state index >= 15 is 0 Å². The summed E-state index contributed by atoms with van der Waals surface area (Å²) in [6, 6.07) is -0.858. The fourth-order valence-corrected chi connectivity index (χ4v) is 5.85. The van der Waals surface area contributed by atoms with Crippen LogP contribution in [0.1, 0.15) is 187 Å². The van der Waals surface area contributed by atoms with Crippen LogP contribution in [-0.2, 0) is 19.1 Å². The lowest BCUT2D eigenvalue weighted by Gasteiger charge is -2.18. The highest BCUT2D eigenvalue weighted by molar-refractivity contribution is 5.83. The first-order chi connectivity index (χ1) is 24.4. The van der Waals surface area contributed by atoms with Gasteiger partial charge in [-0.05, 0) is 96.4 Å². The summed E-state index contributed by atoms with van der Waals surface area (Å²) in [7, 11) is 0. The molecule has 0 spiro atoms. The quantitative estimate of drug-likeness (QED) is 0.0340. The van der Waals surface area contributed by atoms with Crippen LogP contribution in [0.25, 0.3) is 0 Å². The van der Waals surface area contributed by atoms with Gasteiger partial charge < -0.3 is 20.9 Å². The van der Waals surface area contributed by atoms with Gasteiger partial charge in [-0.2, -0.15) is 0 Å². The van der Waals surface area contributed by atoms with Gasteiger partial charge in [0.25, 0.3) is 0 Å². The van der Waals surface area contributed by atoms with E-state index in [1.54, 1.807) is 0 Å². The maximum Gasteiger partial charge on any atom is 0.326 e.